The van der Waals surface area contributed by atoms with Crippen molar-refractivity contribution >= 4 is 27.6 Å². The number of thiazole rings is 1. The lowest BCUT2D eigenvalue weighted by Gasteiger charge is -2.31. The van der Waals surface area contributed by atoms with E-state index >= 15 is 0 Å². The molecule has 1 N–H and O–H groups in total. The maximum Gasteiger partial charge on any atom is 0.317 e. The summed E-state index contributed by atoms with van der Waals surface area (Å²) in [6, 6.07) is 12.0. The van der Waals surface area contributed by atoms with Crippen molar-refractivity contribution in [2.75, 3.05) is 19.6 Å². The molecule has 0 aliphatic carbocycles. The quantitative estimate of drug-likeness (QED) is 0.671. The van der Waals surface area contributed by atoms with Gasteiger partial charge in [-0.25, -0.2) is 13.6 Å². The van der Waals surface area contributed by atoms with E-state index in [1.807, 2.05) is 30.3 Å². The molecule has 0 unspecified atom stereocenters. The van der Waals surface area contributed by atoms with E-state index in [1.165, 1.54) is 11.6 Å². The van der Waals surface area contributed by atoms with Gasteiger partial charge in [0.1, 0.15) is 17.4 Å². The number of nitrogens with zero attached hydrogens (tertiary/aromatic N) is 2. The summed E-state index contributed by atoms with van der Waals surface area (Å²) in [5, 5.41) is 3.28. The maximum absolute atomic E-state index is 13.8. The molecule has 152 valence electrons. The Kier molecular flexibility index (Phi) is 5.89. The Balaban J connectivity index is 1.25. The van der Waals surface area contributed by atoms with Gasteiger partial charge < -0.3 is 15.0 Å². The first-order valence-electron chi connectivity index (χ1n) is 9.57. The van der Waals surface area contributed by atoms with Crippen molar-refractivity contribution in [2.45, 2.75) is 25.4 Å². The monoisotopic (exact) mass is 417 g/mol. The van der Waals surface area contributed by atoms with Crippen molar-refractivity contribution in [3.63, 3.8) is 0 Å². The molecule has 4 rings (SSSR count). The van der Waals surface area contributed by atoms with Crippen LogP contribution in [0.5, 0.6) is 5.19 Å². The van der Waals surface area contributed by atoms with Gasteiger partial charge in [0, 0.05) is 38.5 Å². The fourth-order valence-corrected chi connectivity index (χ4v) is 4.30. The summed E-state index contributed by atoms with van der Waals surface area (Å²) < 4.78 is 33.4. The molecule has 1 aromatic heterocycles. The van der Waals surface area contributed by atoms with E-state index in [4.69, 9.17) is 4.74 Å². The van der Waals surface area contributed by atoms with E-state index in [1.54, 1.807) is 4.90 Å². The van der Waals surface area contributed by atoms with Crippen molar-refractivity contribution in [1.29, 1.82) is 0 Å². The SMILES string of the molecule is O=C(NCCc1ccccc1)N1CCC(Oc2nc3c(F)cc(F)cc3s2)CC1. The molecule has 0 atom stereocenters. The van der Waals surface area contributed by atoms with Crippen LogP contribution in [0, 0.1) is 11.6 Å². The molecule has 3 aromatic rings. The molecule has 0 spiro atoms. The zero-order valence-corrected chi connectivity index (χ0v) is 16.6. The van der Waals surface area contributed by atoms with Crippen LogP contribution in [0.15, 0.2) is 42.5 Å². The second-order valence-corrected chi connectivity index (χ2v) is 7.98. The van der Waals surface area contributed by atoms with Crippen LogP contribution in [0.25, 0.3) is 10.2 Å². The van der Waals surface area contributed by atoms with Crippen LogP contribution in [-0.4, -0.2) is 41.7 Å². The van der Waals surface area contributed by atoms with Gasteiger partial charge in [-0.1, -0.05) is 41.7 Å². The lowest BCUT2D eigenvalue weighted by atomic mass is 10.1. The third-order valence-electron chi connectivity index (χ3n) is 4.92. The molecule has 2 heterocycles. The number of halogens is 2. The highest BCUT2D eigenvalue weighted by molar-refractivity contribution is 7.20. The van der Waals surface area contributed by atoms with Crippen molar-refractivity contribution < 1.29 is 18.3 Å². The van der Waals surface area contributed by atoms with Crippen molar-refractivity contribution in [3.8, 4) is 5.19 Å². The van der Waals surface area contributed by atoms with E-state index < -0.39 is 11.6 Å². The van der Waals surface area contributed by atoms with Gasteiger partial charge in [0.25, 0.3) is 5.19 Å². The second kappa shape index (κ2) is 8.73. The number of piperidine rings is 1. The number of fused-ring (bicyclic) bond motifs is 1. The molecule has 8 heteroatoms. The molecule has 0 saturated carbocycles. The molecule has 29 heavy (non-hydrogen) atoms. The number of benzene rings is 2. The van der Waals surface area contributed by atoms with Crippen molar-refractivity contribution in [3.05, 3.63) is 59.7 Å². The average molecular weight is 417 g/mol. The average Bonchev–Trinajstić information content (AvgIpc) is 3.12. The Morgan fingerprint density at radius 2 is 1.97 bits per heavy atom. The molecule has 1 aliphatic heterocycles. The van der Waals surface area contributed by atoms with Crippen molar-refractivity contribution in [1.82, 2.24) is 15.2 Å². The highest BCUT2D eigenvalue weighted by atomic mass is 32.1. The smallest absolute Gasteiger partial charge is 0.317 e. The van der Waals surface area contributed by atoms with Gasteiger partial charge in [-0.3, -0.25) is 0 Å². The molecular weight excluding hydrogens is 396 g/mol. The summed E-state index contributed by atoms with van der Waals surface area (Å²) in [4.78, 5) is 18.2. The predicted octanol–water partition coefficient (Wildman–Crippen LogP) is 4.37. The predicted molar refractivity (Wildman–Crippen MR) is 108 cm³/mol. The highest BCUT2D eigenvalue weighted by Gasteiger charge is 2.25. The first kappa shape index (κ1) is 19.6. The summed E-state index contributed by atoms with van der Waals surface area (Å²) in [6.45, 7) is 1.75. The van der Waals surface area contributed by atoms with E-state index in [0.717, 1.165) is 23.8 Å². The van der Waals surface area contributed by atoms with Crippen molar-refractivity contribution in [2.24, 2.45) is 0 Å². The molecule has 0 bridgehead atoms. The minimum atomic E-state index is -0.687. The standard InChI is InChI=1S/C21H21F2N3O2S/c22-15-12-17(23)19-18(13-15)29-21(25-19)28-16-7-10-26(11-8-16)20(27)24-9-6-14-4-2-1-3-5-14/h1-5,12-13,16H,6-11H2,(H,24,27). The number of hydrogen-bond donors (Lipinski definition) is 1. The number of carbonyl (C=O) groups excluding carboxylic acids is 1. The van der Waals surface area contributed by atoms with Gasteiger partial charge >= 0.3 is 6.03 Å². The number of amides is 2. The molecule has 5 nitrogen and oxygen atoms in total. The number of urea groups is 1. The normalized spacial score (nSPS) is 14.9. The first-order chi connectivity index (χ1) is 14.1. The summed E-state index contributed by atoms with van der Waals surface area (Å²) in [5.74, 6) is -1.31. The first-order valence-corrected chi connectivity index (χ1v) is 10.4. The number of hydrogen-bond acceptors (Lipinski definition) is 4. The van der Waals surface area contributed by atoms with E-state index in [2.05, 4.69) is 10.3 Å². The lowest BCUT2D eigenvalue weighted by molar-refractivity contribution is 0.111. The Morgan fingerprint density at radius 3 is 2.72 bits per heavy atom. The Labute approximate surface area is 171 Å². The Hall–Kier alpha value is -2.74. The van der Waals surface area contributed by atoms with E-state index in [9.17, 15) is 13.6 Å². The summed E-state index contributed by atoms with van der Waals surface area (Å²) in [7, 11) is 0. The van der Waals surface area contributed by atoms with Gasteiger partial charge in [-0.05, 0) is 18.1 Å². The van der Waals surface area contributed by atoms with Gasteiger partial charge in [0.2, 0.25) is 0 Å². The number of rotatable bonds is 5. The van der Waals surface area contributed by atoms with Crippen LogP contribution in [0.2, 0.25) is 0 Å². The zero-order valence-electron chi connectivity index (χ0n) is 15.7. The molecule has 0 radical (unpaired) electrons. The minimum absolute atomic E-state index is 0.0723. The number of carbonyl (C=O) groups is 1. The summed E-state index contributed by atoms with van der Waals surface area (Å²) >= 11 is 1.13. The molecule has 1 saturated heterocycles. The molecule has 2 aromatic carbocycles. The van der Waals surface area contributed by atoms with Crippen LogP contribution < -0.4 is 10.1 Å². The van der Waals surface area contributed by atoms with Crippen LogP contribution in [0.1, 0.15) is 18.4 Å². The number of nitrogens with one attached hydrogen (secondary N) is 1. The molecule has 2 amide bonds. The molecule has 1 fully saturated rings. The summed E-state index contributed by atoms with van der Waals surface area (Å²) in [5.41, 5.74) is 1.31. The Morgan fingerprint density at radius 1 is 1.21 bits per heavy atom. The third kappa shape index (κ3) is 4.82. The second-order valence-electron chi connectivity index (χ2n) is 6.99. The number of aromatic nitrogens is 1. The van der Waals surface area contributed by atoms with Gasteiger partial charge in [0.15, 0.2) is 5.82 Å². The Bertz CT molecular complexity index is 988. The van der Waals surface area contributed by atoms with Crippen LogP contribution >= 0.6 is 11.3 Å². The molecule has 1 aliphatic rings. The van der Waals surface area contributed by atoms with E-state index in [0.29, 0.717) is 42.4 Å². The van der Waals surface area contributed by atoms with Crippen LogP contribution in [0.4, 0.5) is 13.6 Å². The van der Waals surface area contributed by atoms with Crippen LogP contribution in [0.3, 0.4) is 0 Å². The fraction of sp³-hybridized carbons (Fsp3) is 0.333. The lowest BCUT2D eigenvalue weighted by Crippen LogP contribution is -2.46. The topological polar surface area (TPSA) is 54.5 Å². The van der Waals surface area contributed by atoms with E-state index in [-0.39, 0.29) is 17.7 Å². The minimum Gasteiger partial charge on any atom is -0.467 e. The summed E-state index contributed by atoms with van der Waals surface area (Å²) in [6.07, 6.45) is 2.02. The fourth-order valence-electron chi connectivity index (χ4n) is 3.38. The van der Waals surface area contributed by atoms with Gasteiger partial charge in [-0.2, -0.15) is 4.98 Å². The number of ether oxygens (including phenoxy) is 1. The largest absolute Gasteiger partial charge is 0.467 e. The highest BCUT2D eigenvalue weighted by Crippen LogP contribution is 2.31. The van der Waals surface area contributed by atoms with Gasteiger partial charge in [0.05, 0.1) is 4.70 Å². The zero-order chi connectivity index (χ0) is 20.2. The van der Waals surface area contributed by atoms with Crippen LogP contribution in [-0.2, 0) is 6.42 Å². The maximum atomic E-state index is 13.8. The number of likely N-dealkylation sites (tertiary alicyclic amines) is 1. The molecular formula is C21H21F2N3O2S. The third-order valence-corrected chi connectivity index (χ3v) is 5.82. The van der Waals surface area contributed by atoms with Gasteiger partial charge in [-0.15, -0.1) is 0 Å².